The van der Waals surface area contributed by atoms with Crippen LogP contribution in [0.4, 0.5) is 11.4 Å². The molecule has 14 heteroatoms. The number of aromatic carboxylic acids is 2. The van der Waals surface area contributed by atoms with Crippen LogP contribution in [0, 0.1) is 0 Å². The van der Waals surface area contributed by atoms with E-state index < -0.39 is 11.9 Å². The van der Waals surface area contributed by atoms with Gasteiger partial charge in [-0.15, -0.1) is 0 Å². The molecule has 4 aliphatic rings. The van der Waals surface area contributed by atoms with E-state index in [2.05, 4.69) is 29.6 Å². The molecule has 2 aromatic rings. The van der Waals surface area contributed by atoms with Crippen molar-refractivity contribution in [2.45, 2.75) is 25.0 Å². The fourth-order valence-corrected chi connectivity index (χ4v) is 5.23. The Morgan fingerprint density at radius 2 is 1.02 bits per heavy atom. The van der Waals surface area contributed by atoms with E-state index >= 15 is 0 Å². The largest absolute Gasteiger partial charge is 1.00 e. The molecule has 0 radical (unpaired) electrons. The summed E-state index contributed by atoms with van der Waals surface area (Å²) in [6.45, 7) is 11.2. The number of hydrogen-bond acceptors (Lipinski definition) is 12. The Morgan fingerprint density at radius 3 is 1.31 bits per heavy atom. The average Bonchev–Trinajstić information content (AvgIpc) is 2.94. The van der Waals surface area contributed by atoms with E-state index in [9.17, 15) is 19.8 Å². The molecule has 12 nitrogen and oxygen atoms in total. The number of nitrogens with zero attached hydrogens (tertiary/aromatic N) is 6. The van der Waals surface area contributed by atoms with Gasteiger partial charge in [0.05, 0.1) is 47.9 Å². The normalized spacial score (nSPS) is 22.3. The van der Waals surface area contributed by atoms with Crippen LogP contribution in [-0.4, -0.2) is 123 Å². The summed E-state index contributed by atoms with van der Waals surface area (Å²) >= 11 is 0. The zero-order valence-electron chi connectivity index (χ0n) is 24.7. The molecule has 0 bridgehead atoms. The van der Waals surface area contributed by atoms with E-state index in [1.807, 2.05) is 0 Å². The number of piperazine rings is 2. The monoisotopic (exact) mass is 566 g/mol. The molecule has 2 atom stereocenters. The quantitative estimate of drug-likeness (QED) is 0.281. The topological polar surface area (TPSA) is 137 Å². The van der Waals surface area contributed by atoms with Crippen molar-refractivity contribution in [3.8, 4) is 0 Å². The number of carboxylic acids is 2. The molecule has 6 heterocycles. The molecule has 0 aliphatic carbocycles. The van der Waals surface area contributed by atoms with Crippen molar-refractivity contribution in [2.75, 3.05) is 88.5 Å². The Hall–Kier alpha value is -2.13. The molecule has 42 heavy (non-hydrogen) atoms. The molecule has 0 saturated carbocycles. The van der Waals surface area contributed by atoms with Gasteiger partial charge in [-0.05, 0) is 25.0 Å². The predicted octanol–water partition coefficient (Wildman–Crippen LogP) is -7.28. The van der Waals surface area contributed by atoms with Crippen molar-refractivity contribution < 1.29 is 67.0 Å². The van der Waals surface area contributed by atoms with Crippen LogP contribution in [0.15, 0.2) is 36.9 Å². The minimum Gasteiger partial charge on any atom is -0.545 e. The van der Waals surface area contributed by atoms with Gasteiger partial charge in [-0.25, -0.2) is 0 Å². The van der Waals surface area contributed by atoms with Crippen LogP contribution in [0.3, 0.4) is 0 Å². The van der Waals surface area contributed by atoms with Crippen LogP contribution >= 0.6 is 0 Å². The summed E-state index contributed by atoms with van der Waals surface area (Å²) in [6, 6.07) is 3.26. The maximum atomic E-state index is 10.9. The van der Waals surface area contributed by atoms with Crippen molar-refractivity contribution in [2.24, 2.45) is 0 Å². The van der Waals surface area contributed by atoms with Gasteiger partial charge in [0.1, 0.15) is 0 Å². The number of carbonyl (C=O) groups is 2. The fraction of sp³-hybridized carbons (Fsp3) is 0.571. The molecule has 0 amide bonds. The van der Waals surface area contributed by atoms with Crippen LogP contribution in [0.2, 0.25) is 0 Å². The average molecular weight is 567 g/mol. The van der Waals surface area contributed by atoms with Crippen molar-refractivity contribution >= 4 is 23.3 Å². The van der Waals surface area contributed by atoms with Gasteiger partial charge >= 0.3 is 37.7 Å². The van der Waals surface area contributed by atoms with Crippen molar-refractivity contribution in [1.29, 1.82) is 0 Å². The van der Waals surface area contributed by atoms with Crippen LogP contribution in [0.5, 0.6) is 0 Å². The van der Waals surface area contributed by atoms with Gasteiger partial charge < -0.3 is 39.1 Å². The molecule has 0 spiro atoms. The zero-order chi connectivity index (χ0) is 27.9. The molecule has 0 aromatic carbocycles. The third-order valence-electron chi connectivity index (χ3n) is 7.90. The molecular formula is C28H36Li2N6O6. The molecule has 4 aliphatic heterocycles. The second kappa shape index (κ2) is 16.6. The molecule has 0 unspecified atom stereocenters. The van der Waals surface area contributed by atoms with Crippen molar-refractivity contribution in [1.82, 2.24) is 19.8 Å². The Kier molecular flexibility index (Phi) is 13.6. The number of carboxylic acid groups (broad SMARTS) is 2. The zero-order valence-corrected chi connectivity index (χ0v) is 24.7. The molecule has 2 aromatic heterocycles. The minimum absolute atomic E-state index is 0. The summed E-state index contributed by atoms with van der Waals surface area (Å²) in [7, 11) is 0. The van der Waals surface area contributed by atoms with E-state index in [0.29, 0.717) is 12.2 Å². The van der Waals surface area contributed by atoms with Crippen LogP contribution in [0.25, 0.3) is 0 Å². The fourth-order valence-electron chi connectivity index (χ4n) is 5.23. The number of pyridine rings is 2. The Morgan fingerprint density at radius 1 is 0.667 bits per heavy atom. The number of anilines is 2. The second-order valence-corrected chi connectivity index (χ2v) is 10.6. The minimum atomic E-state index is -1.18. The third-order valence-corrected chi connectivity index (χ3v) is 7.90. The predicted molar refractivity (Wildman–Crippen MR) is 143 cm³/mol. The molecular weight excluding hydrogens is 530 g/mol. The number of aromatic nitrogens is 2. The molecule has 4 saturated heterocycles. The van der Waals surface area contributed by atoms with Gasteiger partial charge in [-0.3, -0.25) is 19.8 Å². The van der Waals surface area contributed by atoms with Crippen LogP contribution in [-0.2, 0) is 9.47 Å². The molecule has 216 valence electrons. The van der Waals surface area contributed by atoms with E-state index in [0.717, 1.165) is 103 Å². The number of hydrogen-bond donors (Lipinski definition) is 0. The van der Waals surface area contributed by atoms with Gasteiger partial charge in [-0.1, -0.05) is 0 Å². The summed E-state index contributed by atoms with van der Waals surface area (Å²) in [5, 5.41) is 21.7. The molecule has 4 fully saturated rings. The smallest absolute Gasteiger partial charge is 0.545 e. The summed E-state index contributed by atoms with van der Waals surface area (Å²) in [5.74, 6) is -2.36. The Balaban J connectivity index is 0.000000220. The first kappa shape index (κ1) is 34.4. The van der Waals surface area contributed by atoms with Crippen molar-refractivity contribution in [3.63, 3.8) is 0 Å². The number of ether oxygens (including phenoxy) is 2. The van der Waals surface area contributed by atoms with Gasteiger partial charge in [0.15, 0.2) is 0 Å². The van der Waals surface area contributed by atoms with E-state index in [4.69, 9.17) is 9.47 Å². The first-order chi connectivity index (χ1) is 19.4. The van der Waals surface area contributed by atoms with E-state index in [1.54, 1.807) is 24.5 Å². The van der Waals surface area contributed by atoms with E-state index in [-0.39, 0.29) is 48.8 Å². The first-order valence-corrected chi connectivity index (χ1v) is 13.9. The summed E-state index contributed by atoms with van der Waals surface area (Å²) in [4.78, 5) is 38.8. The Bertz CT molecular complexity index is 1070. The first-order valence-electron chi connectivity index (χ1n) is 13.9. The second-order valence-electron chi connectivity index (χ2n) is 10.6. The molecule has 0 N–H and O–H groups in total. The number of carbonyl (C=O) groups excluding carboxylic acids is 2. The van der Waals surface area contributed by atoms with Gasteiger partial charge in [0.2, 0.25) is 0 Å². The molecule has 6 rings (SSSR count). The van der Waals surface area contributed by atoms with Crippen LogP contribution < -0.4 is 57.7 Å². The standard InChI is InChI=1S/2C14H19N3O3.2Li/c2*18-14(19)11-7-12(9-15-8-11)17-4-2-16(3-5-17)10-13-1-6-20-13;;/h2*7-9,13H,1-6,10H2,(H,18,19);;/q;;2*+1/p-2/t2*13-;;/m11../s1. The SMILES string of the molecule is O=C([O-])c1cncc(N2CCN(C[C@H]3CCO3)CC2)c1.O=C([O-])c1cncc(N2CCN(C[C@H]3CCO3)CC2)c1.[Li+].[Li+]. The van der Waals surface area contributed by atoms with E-state index in [1.165, 1.54) is 12.4 Å². The van der Waals surface area contributed by atoms with Crippen LogP contribution in [0.1, 0.15) is 33.6 Å². The van der Waals surface area contributed by atoms with Crippen molar-refractivity contribution in [3.05, 3.63) is 48.0 Å². The summed E-state index contributed by atoms with van der Waals surface area (Å²) < 4.78 is 10.9. The maximum absolute atomic E-state index is 10.9. The summed E-state index contributed by atoms with van der Waals surface area (Å²) in [6.07, 6.45) is 9.20. The van der Waals surface area contributed by atoms with Gasteiger partial charge in [0, 0.05) is 102 Å². The van der Waals surface area contributed by atoms with Gasteiger partial charge in [0.25, 0.3) is 0 Å². The third kappa shape index (κ3) is 9.44. The summed E-state index contributed by atoms with van der Waals surface area (Å²) in [5.41, 5.74) is 1.97. The Labute approximate surface area is 270 Å². The number of rotatable bonds is 8. The maximum Gasteiger partial charge on any atom is 1.00 e. The van der Waals surface area contributed by atoms with Gasteiger partial charge in [-0.2, -0.15) is 0 Å².